The van der Waals surface area contributed by atoms with E-state index >= 15 is 0 Å². The quantitative estimate of drug-likeness (QED) is 0.840. The summed E-state index contributed by atoms with van der Waals surface area (Å²) < 4.78 is 5.13. The number of carbonyl (C=O) groups excluding carboxylic acids is 1. The first-order valence-corrected chi connectivity index (χ1v) is 6.62. The Balaban J connectivity index is 2.10. The van der Waals surface area contributed by atoms with Gasteiger partial charge in [0.1, 0.15) is 0 Å². The summed E-state index contributed by atoms with van der Waals surface area (Å²) in [5.74, 6) is 0.203. The number of nitrogens with zero attached hydrogens (tertiary/aromatic N) is 2. The Hall–Kier alpha value is -2.21. The predicted molar refractivity (Wildman–Crippen MR) is 75.8 cm³/mol. The SMILES string of the molecule is CCCC(CN)C(=O)Nc1cccc(-c2nnco2)c1. The van der Waals surface area contributed by atoms with Crippen LogP contribution in [0.3, 0.4) is 0 Å². The molecule has 3 N–H and O–H groups in total. The van der Waals surface area contributed by atoms with Crippen molar-refractivity contribution < 1.29 is 9.21 Å². The molecular weight excluding hydrogens is 256 g/mol. The summed E-state index contributed by atoms with van der Waals surface area (Å²) in [5.41, 5.74) is 7.09. The van der Waals surface area contributed by atoms with Gasteiger partial charge in [0, 0.05) is 17.8 Å². The fraction of sp³-hybridized carbons (Fsp3) is 0.357. The summed E-state index contributed by atoms with van der Waals surface area (Å²) in [5, 5.41) is 10.3. The van der Waals surface area contributed by atoms with Gasteiger partial charge >= 0.3 is 0 Å². The molecule has 0 bridgehead atoms. The maximum absolute atomic E-state index is 12.1. The summed E-state index contributed by atoms with van der Waals surface area (Å²) in [6, 6.07) is 7.28. The molecule has 1 aromatic heterocycles. The van der Waals surface area contributed by atoms with Gasteiger partial charge in [0.05, 0.1) is 5.92 Å². The van der Waals surface area contributed by atoms with Crippen molar-refractivity contribution in [1.82, 2.24) is 10.2 Å². The lowest BCUT2D eigenvalue weighted by molar-refractivity contribution is -0.119. The minimum absolute atomic E-state index is 0.0583. The van der Waals surface area contributed by atoms with Gasteiger partial charge in [0.15, 0.2) is 0 Å². The van der Waals surface area contributed by atoms with E-state index in [1.54, 1.807) is 6.07 Å². The summed E-state index contributed by atoms with van der Waals surface area (Å²) in [7, 11) is 0. The van der Waals surface area contributed by atoms with E-state index in [1.165, 1.54) is 6.39 Å². The Bertz CT molecular complexity index is 554. The van der Waals surface area contributed by atoms with Gasteiger partial charge < -0.3 is 15.5 Å². The molecule has 2 aromatic rings. The van der Waals surface area contributed by atoms with Crippen molar-refractivity contribution in [1.29, 1.82) is 0 Å². The molecule has 1 atom stereocenters. The molecule has 6 nitrogen and oxygen atoms in total. The molecule has 1 heterocycles. The average molecular weight is 274 g/mol. The molecule has 20 heavy (non-hydrogen) atoms. The first kappa shape index (κ1) is 14.2. The number of anilines is 1. The van der Waals surface area contributed by atoms with Crippen LogP contribution in [-0.2, 0) is 4.79 Å². The second kappa shape index (κ2) is 6.81. The van der Waals surface area contributed by atoms with Crippen molar-refractivity contribution in [3.05, 3.63) is 30.7 Å². The number of amides is 1. The third kappa shape index (κ3) is 3.42. The molecule has 6 heteroatoms. The Kier molecular flexibility index (Phi) is 4.84. The van der Waals surface area contributed by atoms with E-state index in [0.717, 1.165) is 18.4 Å². The van der Waals surface area contributed by atoms with Gasteiger partial charge in [0.2, 0.25) is 18.2 Å². The normalized spacial score (nSPS) is 12.1. The van der Waals surface area contributed by atoms with Crippen molar-refractivity contribution in [2.45, 2.75) is 19.8 Å². The molecular formula is C14H18N4O2. The number of nitrogens with one attached hydrogen (secondary N) is 1. The first-order valence-electron chi connectivity index (χ1n) is 6.62. The highest BCUT2D eigenvalue weighted by Crippen LogP contribution is 2.21. The molecule has 1 aromatic carbocycles. The fourth-order valence-corrected chi connectivity index (χ4v) is 1.98. The van der Waals surface area contributed by atoms with Crippen molar-refractivity contribution in [3.63, 3.8) is 0 Å². The van der Waals surface area contributed by atoms with Gasteiger partial charge in [-0.15, -0.1) is 10.2 Å². The summed E-state index contributed by atoms with van der Waals surface area (Å²) in [4.78, 5) is 12.1. The Morgan fingerprint density at radius 3 is 3.00 bits per heavy atom. The monoisotopic (exact) mass is 274 g/mol. The summed E-state index contributed by atoms with van der Waals surface area (Å²) in [6.45, 7) is 2.38. The predicted octanol–water partition coefficient (Wildman–Crippen LogP) is 2.05. The number of rotatable bonds is 6. The third-order valence-corrected chi connectivity index (χ3v) is 3.03. The Morgan fingerprint density at radius 1 is 1.50 bits per heavy atom. The number of hydrogen-bond acceptors (Lipinski definition) is 5. The standard InChI is InChI=1S/C14H18N4O2/c1-2-4-11(8-15)13(19)17-12-6-3-5-10(7-12)14-18-16-9-20-14/h3,5-7,9,11H,2,4,8,15H2,1H3,(H,17,19). The summed E-state index contributed by atoms with van der Waals surface area (Å²) in [6.07, 6.45) is 2.98. The number of aromatic nitrogens is 2. The van der Waals surface area contributed by atoms with Gasteiger partial charge in [-0.3, -0.25) is 4.79 Å². The highest BCUT2D eigenvalue weighted by Gasteiger charge is 2.16. The Labute approximate surface area is 117 Å². The minimum Gasteiger partial charge on any atom is -0.423 e. The van der Waals surface area contributed by atoms with E-state index in [-0.39, 0.29) is 11.8 Å². The second-order valence-corrected chi connectivity index (χ2v) is 4.54. The van der Waals surface area contributed by atoms with E-state index in [2.05, 4.69) is 15.5 Å². The van der Waals surface area contributed by atoms with E-state index in [1.807, 2.05) is 25.1 Å². The van der Waals surface area contributed by atoms with Crippen LogP contribution in [0.5, 0.6) is 0 Å². The summed E-state index contributed by atoms with van der Waals surface area (Å²) >= 11 is 0. The first-order chi connectivity index (χ1) is 9.74. The molecule has 0 radical (unpaired) electrons. The third-order valence-electron chi connectivity index (χ3n) is 3.03. The van der Waals surface area contributed by atoms with Crippen LogP contribution in [0.15, 0.2) is 35.1 Å². The van der Waals surface area contributed by atoms with Crippen LogP contribution in [0, 0.1) is 5.92 Å². The van der Waals surface area contributed by atoms with E-state index in [4.69, 9.17) is 10.2 Å². The van der Waals surface area contributed by atoms with Crippen LogP contribution < -0.4 is 11.1 Å². The van der Waals surface area contributed by atoms with E-state index < -0.39 is 0 Å². The molecule has 0 spiro atoms. The van der Waals surface area contributed by atoms with Gasteiger partial charge in [0.25, 0.3) is 0 Å². The van der Waals surface area contributed by atoms with E-state index in [9.17, 15) is 4.79 Å². The molecule has 1 amide bonds. The van der Waals surface area contributed by atoms with Crippen molar-refractivity contribution in [2.24, 2.45) is 11.7 Å². The number of benzene rings is 1. The number of nitrogens with two attached hydrogens (primary N) is 1. The smallest absolute Gasteiger partial charge is 0.247 e. The zero-order valence-electron chi connectivity index (χ0n) is 11.4. The molecule has 106 valence electrons. The minimum atomic E-state index is -0.160. The van der Waals surface area contributed by atoms with E-state index in [0.29, 0.717) is 18.1 Å². The van der Waals surface area contributed by atoms with Crippen LogP contribution in [0.1, 0.15) is 19.8 Å². The zero-order chi connectivity index (χ0) is 14.4. The lowest BCUT2D eigenvalue weighted by Crippen LogP contribution is -2.29. The fourth-order valence-electron chi connectivity index (χ4n) is 1.98. The molecule has 0 aliphatic rings. The van der Waals surface area contributed by atoms with Crippen LogP contribution in [0.25, 0.3) is 11.5 Å². The number of hydrogen-bond donors (Lipinski definition) is 2. The van der Waals surface area contributed by atoms with Crippen molar-refractivity contribution >= 4 is 11.6 Å². The van der Waals surface area contributed by atoms with Crippen LogP contribution in [0.4, 0.5) is 5.69 Å². The zero-order valence-corrected chi connectivity index (χ0v) is 11.4. The average Bonchev–Trinajstić information content (AvgIpc) is 2.99. The van der Waals surface area contributed by atoms with Crippen molar-refractivity contribution in [3.8, 4) is 11.5 Å². The second-order valence-electron chi connectivity index (χ2n) is 4.54. The molecule has 1 unspecified atom stereocenters. The largest absolute Gasteiger partial charge is 0.423 e. The molecule has 0 aliphatic heterocycles. The van der Waals surface area contributed by atoms with Gasteiger partial charge in [-0.1, -0.05) is 19.4 Å². The maximum Gasteiger partial charge on any atom is 0.247 e. The number of carbonyl (C=O) groups is 1. The van der Waals surface area contributed by atoms with Crippen LogP contribution >= 0.6 is 0 Å². The van der Waals surface area contributed by atoms with Gasteiger partial charge in [-0.2, -0.15) is 0 Å². The topological polar surface area (TPSA) is 94.0 Å². The molecule has 0 aliphatic carbocycles. The Morgan fingerprint density at radius 2 is 2.35 bits per heavy atom. The molecule has 0 saturated carbocycles. The highest BCUT2D eigenvalue weighted by atomic mass is 16.4. The molecule has 0 saturated heterocycles. The van der Waals surface area contributed by atoms with Gasteiger partial charge in [-0.25, -0.2) is 0 Å². The van der Waals surface area contributed by atoms with Crippen LogP contribution in [-0.4, -0.2) is 22.6 Å². The van der Waals surface area contributed by atoms with Crippen molar-refractivity contribution in [2.75, 3.05) is 11.9 Å². The lowest BCUT2D eigenvalue weighted by atomic mass is 10.0. The maximum atomic E-state index is 12.1. The lowest BCUT2D eigenvalue weighted by Gasteiger charge is -2.14. The molecule has 0 fully saturated rings. The highest BCUT2D eigenvalue weighted by molar-refractivity contribution is 5.93. The van der Waals surface area contributed by atoms with Gasteiger partial charge in [-0.05, 0) is 24.6 Å². The van der Waals surface area contributed by atoms with Crippen LogP contribution in [0.2, 0.25) is 0 Å². The molecule has 2 rings (SSSR count).